The van der Waals surface area contributed by atoms with Crippen molar-refractivity contribution in [3.8, 4) is 0 Å². The maximum Gasteiger partial charge on any atom is 0.308 e. The topological polar surface area (TPSA) is 52.6 Å². The van der Waals surface area contributed by atoms with Crippen LogP contribution in [-0.2, 0) is 19.0 Å². The molecule has 0 spiro atoms. The summed E-state index contributed by atoms with van der Waals surface area (Å²) in [6.07, 6.45) is 3.75. The third kappa shape index (κ3) is 5.79. The van der Waals surface area contributed by atoms with Gasteiger partial charge in [-0.3, -0.25) is 0 Å². The molecule has 0 fully saturated rings. The van der Waals surface area contributed by atoms with Gasteiger partial charge in [-0.1, -0.05) is 13.5 Å². The zero-order valence-electron chi connectivity index (χ0n) is 6.89. The van der Waals surface area contributed by atoms with Crippen molar-refractivity contribution in [3.05, 3.63) is 25.4 Å². The van der Waals surface area contributed by atoms with Gasteiger partial charge in [-0.05, 0) is 6.42 Å². The predicted octanol–water partition coefficient (Wildman–Crippen LogP) is 1.37. The molecule has 0 saturated heterocycles. The normalized spacial score (nSPS) is 11.4. The second-order valence-corrected chi connectivity index (χ2v) is 3.65. The zero-order chi connectivity index (χ0) is 9.45. The summed E-state index contributed by atoms with van der Waals surface area (Å²) in [5.74, 6) is 0.00539. The van der Waals surface area contributed by atoms with E-state index in [2.05, 4.69) is 15.5 Å². The van der Waals surface area contributed by atoms with E-state index in [1.807, 2.05) is 0 Å². The van der Waals surface area contributed by atoms with Gasteiger partial charge in [-0.25, -0.2) is 0 Å². The Bertz CT molecular complexity index is 240. The standard InChI is InChI=1S/C7H12O4S/c1-3-7-12(8,9)11-6-5-10-4-2/h4-6H,2-3,7H2,1H3. The van der Waals surface area contributed by atoms with Crippen molar-refractivity contribution in [3.63, 3.8) is 0 Å². The van der Waals surface area contributed by atoms with Crippen molar-refractivity contribution >= 4 is 10.1 Å². The van der Waals surface area contributed by atoms with E-state index in [-0.39, 0.29) is 5.75 Å². The number of rotatable bonds is 6. The van der Waals surface area contributed by atoms with Gasteiger partial charge < -0.3 is 8.92 Å². The fourth-order valence-corrected chi connectivity index (χ4v) is 1.30. The molecule has 0 bridgehead atoms. The Morgan fingerprint density at radius 1 is 1.42 bits per heavy atom. The molecule has 0 saturated carbocycles. The first kappa shape index (κ1) is 11.0. The molecule has 0 atom stereocenters. The lowest BCUT2D eigenvalue weighted by Gasteiger charge is -1.98. The molecule has 70 valence electrons. The number of hydrogen-bond acceptors (Lipinski definition) is 4. The zero-order valence-corrected chi connectivity index (χ0v) is 7.71. The van der Waals surface area contributed by atoms with Crippen molar-refractivity contribution in [1.29, 1.82) is 0 Å². The highest BCUT2D eigenvalue weighted by Gasteiger charge is 2.06. The molecule has 0 aromatic heterocycles. The van der Waals surface area contributed by atoms with Crippen LogP contribution >= 0.6 is 0 Å². The minimum absolute atomic E-state index is 0.00539. The van der Waals surface area contributed by atoms with Crippen LogP contribution in [0, 0.1) is 0 Å². The Labute approximate surface area is 72.6 Å². The summed E-state index contributed by atoms with van der Waals surface area (Å²) < 4.78 is 30.6. The van der Waals surface area contributed by atoms with Gasteiger partial charge in [0.1, 0.15) is 12.5 Å². The highest BCUT2D eigenvalue weighted by atomic mass is 32.2. The third-order valence-electron chi connectivity index (χ3n) is 0.887. The first-order valence-electron chi connectivity index (χ1n) is 3.44. The van der Waals surface area contributed by atoms with Gasteiger partial charge in [0, 0.05) is 0 Å². The van der Waals surface area contributed by atoms with E-state index in [4.69, 9.17) is 0 Å². The summed E-state index contributed by atoms with van der Waals surface area (Å²) in [4.78, 5) is 0. The molecule has 0 aromatic rings. The van der Waals surface area contributed by atoms with E-state index < -0.39 is 10.1 Å². The summed E-state index contributed by atoms with van der Waals surface area (Å²) >= 11 is 0. The quantitative estimate of drug-likeness (QED) is 0.471. The van der Waals surface area contributed by atoms with Crippen LogP contribution in [0.25, 0.3) is 0 Å². The Morgan fingerprint density at radius 3 is 2.58 bits per heavy atom. The molecule has 4 nitrogen and oxygen atoms in total. The Balaban J connectivity index is 3.83. The second-order valence-electron chi connectivity index (χ2n) is 1.93. The van der Waals surface area contributed by atoms with Crippen molar-refractivity contribution < 1.29 is 17.3 Å². The predicted molar refractivity (Wildman–Crippen MR) is 45.6 cm³/mol. The maximum atomic E-state index is 10.8. The molecule has 0 aliphatic carbocycles. The fraction of sp³-hybridized carbons (Fsp3) is 0.429. The van der Waals surface area contributed by atoms with E-state index in [9.17, 15) is 8.42 Å². The third-order valence-corrected chi connectivity index (χ3v) is 2.20. The molecule has 0 aliphatic rings. The van der Waals surface area contributed by atoms with Crippen molar-refractivity contribution in [2.24, 2.45) is 0 Å². The Morgan fingerprint density at radius 2 is 2.08 bits per heavy atom. The van der Waals surface area contributed by atoms with Crippen molar-refractivity contribution in [1.82, 2.24) is 0 Å². The van der Waals surface area contributed by atoms with Crippen LogP contribution in [-0.4, -0.2) is 14.2 Å². The van der Waals surface area contributed by atoms with Gasteiger partial charge in [0.05, 0.1) is 12.0 Å². The van der Waals surface area contributed by atoms with Gasteiger partial charge in [0.2, 0.25) is 0 Å². The largest absolute Gasteiger partial charge is 0.470 e. The first-order valence-corrected chi connectivity index (χ1v) is 5.02. The van der Waals surface area contributed by atoms with Crippen LogP contribution in [0.4, 0.5) is 0 Å². The maximum absolute atomic E-state index is 10.8. The first-order chi connectivity index (χ1) is 5.62. The van der Waals surface area contributed by atoms with Crippen LogP contribution in [0.2, 0.25) is 0 Å². The Kier molecular flexibility index (Phi) is 5.19. The monoisotopic (exact) mass is 192 g/mol. The van der Waals surface area contributed by atoms with Gasteiger partial charge in [-0.15, -0.1) is 0 Å². The second kappa shape index (κ2) is 5.65. The minimum Gasteiger partial charge on any atom is -0.470 e. The van der Waals surface area contributed by atoms with Crippen LogP contribution < -0.4 is 0 Å². The van der Waals surface area contributed by atoms with E-state index in [1.54, 1.807) is 6.92 Å². The average Bonchev–Trinajstić information content (AvgIpc) is 1.98. The van der Waals surface area contributed by atoms with Crippen LogP contribution in [0.5, 0.6) is 0 Å². The Hall–Kier alpha value is -0.970. The number of hydrogen-bond donors (Lipinski definition) is 0. The summed E-state index contributed by atoms with van der Waals surface area (Å²) in [5, 5.41) is 0. The van der Waals surface area contributed by atoms with Gasteiger partial charge >= 0.3 is 10.1 Å². The molecule has 0 amide bonds. The molecule has 0 radical (unpaired) electrons. The average molecular weight is 192 g/mol. The van der Waals surface area contributed by atoms with Gasteiger partial charge in [-0.2, -0.15) is 8.42 Å². The van der Waals surface area contributed by atoms with E-state index in [1.165, 1.54) is 0 Å². The minimum atomic E-state index is -3.41. The molecular weight excluding hydrogens is 180 g/mol. The van der Waals surface area contributed by atoms with Crippen LogP contribution in [0.1, 0.15) is 13.3 Å². The molecule has 0 heterocycles. The lowest BCUT2D eigenvalue weighted by atomic mass is 10.6. The van der Waals surface area contributed by atoms with Crippen LogP contribution in [0.3, 0.4) is 0 Å². The smallest absolute Gasteiger partial charge is 0.308 e. The van der Waals surface area contributed by atoms with Crippen LogP contribution in [0.15, 0.2) is 25.4 Å². The van der Waals surface area contributed by atoms with Crippen molar-refractivity contribution in [2.45, 2.75) is 13.3 Å². The highest BCUT2D eigenvalue weighted by molar-refractivity contribution is 7.86. The summed E-state index contributed by atoms with van der Waals surface area (Å²) in [6, 6.07) is 0. The molecular formula is C7H12O4S. The molecule has 0 aromatic carbocycles. The summed E-state index contributed by atoms with van der Waals surface area (Å²) in [5.41, 5.74) is 0. The van der Waals surface area contributed by atoms with Crippen molar-refractivity contribution in [2.75, 3.05) is 5.75 Å². The lowest BCUT2D eigenvalue weighted by molar-refractivity contribution is 0.371. The molecule has 0 aliphatic heterocycles. The molecule has 0 rings (SSSR count). The molecule has 12 heavy (non-hydrogen) atoms. The highest BCUT2D eigenvalue weighted by Crippen LogP contribution is 1.96. The lowest BCUT2D eigenvalue weighted by Crippen LogP contribution is -2.05. The van der Waals surface area contributed by atoms with Gasteiger partial charge in [0.25, 0.3) is 0 Å². The molecule has 0 unspecified atom stereocenters. The van der Waals surface area contributed by atoms with E-state index >= 15 is 0 Å². The van der Waals surface area contributed by atoms with Gasteiger partial charge in [0.15, 0.2) is 0 Å². The fourth-order valence-electron chi connectivity index (χ4n) is 0.493. The molecule has 0 N–H and O–H groups in total. The SMILES string of the molecule is C=COC=COS(=O)(=O)CCC. The summed E-state index contributed by atoms with van der Waals surface area (Å²) in [7, 11) is -3.41. The summed E-state index contributed by atoms with van der Waals surface area (Å²) in [6.45, 7) is 5.01. The van der Waals surface area contributed by atoms with E-state index in [0.717, 1.165) is 18.8 Å². The number of ether oxygens (including phenoxy) is 1. The molecule has 5 heteroatoms. The van der Waals surface area contributed by atoms with E-state index in [0.29, 0.717) is 6.42 Å².